The Morgan fingerprint density at radius 2 is 1.91 bits per heavy atom. The van der Waals surface area contributed by atoms with Gasteiger partial charge < -0.3 is 20.1 Å². The number of nitrogens with zero attached hydrogens (tertiary/aromatic N) is 3. The van der Waals surface area contributed by atoms with Crippen molar-refractivity contribution in [1.82, 2.24) is 19.8 Å². The number of pyridine rings is 1. The summed E-state index contributed by atoms with van der Waals surface area (Å²) >= 11 is 5.80. The van der Waals surface area contributed by atoms with Crippen molar-refractivity contribution in [1.29, 1.82) is 0 Å². The Hall–Kier alpha value is -3.19. The highest BCUT2D eigenvalue weighted by atomic mass is 32.1. The molecule has 0 spiro atoms. The Morgan fingerprint density at radius 1 is 1.14 bits per heavy atom. The number of benzene rings is 1. The van der Waals surface area contributed by atoms with Gasteiger partial charge in [0, 0.05) is 42.3 Å². The van der Waals surface area contributed by atoms with E-state index < -0.39 is 0 Å². The van der Waals surface area contributed by atoms with E-state index in [2.05, 4.69) is 64.9 Å². The number of aryl methyl sites for hydroxylation is 3. The molecule has 1 aromatic carbocycles. The molecule has 1 amide bonds. The molecule has 3 aromatic rings. The summed E-state index contributed by atoms with van der Waals surface area (Å²) < 4.78 is 2.36. The van der Waals surface area contributed by atoms with E-state index in [1.807, 2.05) is 50.4 Å². The number of hydrogen-bond acceptors (Lipinski definition) is 3. The summed E-state index contributed by atoms with van der Waals surface area (Å²) in [5.41, 5.74) is 7.63. The van der Waals surface area contributed by atoms with Crippen LogP contribution in [0, 0.1) is 27.7 Å². The molecule has 1 aliphatic rings. The van der Waals surface area contributed by atoms with Crippen molar-refractivity contribution in [3.8, 4) is 0 Å². The highest BCUT2D eigenvalue weighted by molar-refractivity contribution is 7.80. The van der Waals surface area contributed by atoms with Gasteiger partial charge in [0.2, 0.25) is 5.91 Å². The van der Waals surface area contributed by atoms with Crippen molar-refractivity contribution in [2.24, 2.45) is 0 Å². The van der Waals surface area contributed by atoms with Gasteiger partial charge in [0.25, 0.3) is 0 Å². The normalized spacial score (nSPS) is 17.7. The molecule has 0 radical (unpaired) electrons. The molecule has 2 atom stereocenters. The van der Waals surface area contributed by atoms with Gasteiger partial charge in [-0.15, -0.1) is 0 Å². The van der Waals surface area contributed by atoms with Crippen LogP contribution >= 0.6 is 12.2 Å². The van der Waals surface area contributed by atoms with Crippen LogP contribution in [0.25, 0.3) is 0 Å². The van der Waals surface area contributed by atoms with Gasteiger partial charge in [-0.1, -0.05) is 18.2 Å². The summed E-state index contributed by atoms with van der Waals surface area (Å²) in [7, 11) is 0. The molecule has 0 saturated carbocycles. The third-order valence-corrected chi connectivity index (χ3v) is 7.16. The summed E-state index contributed by atoms with van der Waals surface area (Å²) in [6.45, 7) is 13.3. The average molecular weight is 490 g/mol. The minimum Gasteiger partial charge on any atom is -0.352 e. The Balaban J connectivity index is 1.62. The monoisotopic (exact) mass is 489 g/mol. The number of aromatic nitrogens is 2. The lowest BCUT2D eigenvalue weighted by atomic mass is 9.96. The van der Waals surface area contributed by atoms with Crippen LogP contribution in [-0.4, -0.2) is 32.0 Å². The van der Waals surface area contributed by atoms with Gasteiger partial charge in [-0.3, -0.25) is 9.78 Å². The third-order valence-electron chi connectivity index (χ3n) is 6.80. The summed E-state index contributed by atoms with van der Waals surface area (Å²) in [6.07, 6.45) is 2.15. The predicted octanol–water partition coefficient (Wildman–Crippen LogP) is 5.70. The molecule has 0 unspecified atom stereocenters. The number of thiocarbonyl (C=S) groups is 1. The molecular weight excluding hydrogens is 454 g/mol. The van der Waals surface area contributed by atoms with E-state index in [1.165, 1.54) is 17.0 Å². The summed E-state index contributed by atoms with van der Waals surface area (Å²) in [5.74, 6) is -0.0193. The molecule has 7 heteroatoms. The zero-order valence-electron chi connectivity index (χ0n) is 21.4. The Bertz CT molecular complexity index is 1230. The van der Waals surface area contributed by atoms with E-state index in [9.17, 15) is 4.79 Å². The molecule has 0 bridgehead atoms. The molecule has 1 fully saturated rings. The summed E-state index contributed by atoms with van der Waals surface area (Å²) in [5, 5.41) is 7.23. The van der Waals surface area contributed by atoms with E-state index in [-0.39, 0.29) is 18.0 Å². The number of anilines is 1. The zero-order valence-corrected chi connectivity index (χ0v) is 22.2. The zero-order chi connectivity index (χ0) is 25.3. The van der Waals surface area contributed by atoms with E-state index >= 15 is 0 Å². The Kier molecular flexibility index (Phi) is 7.26. The van der Waals surface area contributed by atoms with Crippen LogP contribution in [0.2, 0.25) is 0 Å². The second-order valence-electron chi connectivity index (χ2n) is 9.73. The van der Waals surface area contributed by atoms with Gasteiger partial charge >= 0.3 is 0 Å². The van der Waals surface area contributed by atoms with Crippen LogP contribution in [0.1, 0.15) is 72.2 Å². The van der Waals surface area contributed by atoms with Crippen molar-refractivity contribution in [3.63, 3.8) is 0 Å². The third kappa shape index (κ3) is 5.10. The van der Waals surface area contributed by atoms with Crippen molar-refractivity contribution in [2.45, 2.75) is 66.1 Å². The summed E-state index contributed by atoms with van der Waals surface area (Å²) in [4.78, 5) is 19.7. The lowest BCUT2D eigenvalue weighted by Crippen LogP contribution is -2.33. The Morgan fingerprint density at radius 3 is 2.57 bits per heavy atom. The van der Waals surface area contributed by atoms with Crippen LogP contribution in [0.3, 0.4) is 0 Å². The van der Waals surface area contributed by atoms with E-state index in [0.717, 1.165) is 22.5 Å². The number of nitrogens with one attached hydrogen (secondary N) is 2. The molecule has 1 aliphatic heterocycles. The molecule has 6 nitrogen and oxygen atoms in total. The molecule has 3 heterocycles. The second-order valence-corrected chi connectivity index (χ2v) is 10.1. The van der Waals surface area contributed by atoms with Gasteiger partial charge in [-0.2, -0.15) is 0 Å². The fourth-order valence-corrected chi connectivity index (χ4v) is 5.52. The average Bonchev–Trinajstić information content (AvgIpc) is 3.30. The quantitative estimate of drug-likeness (QED) is 0.417. The minimum absolute atomic E-state index is 0.0193. The second kappa shape index (κ2) is 10.2. The van der Waals surface area contributed by atoms with E-state index in [0.29, 0.717) is 24.1 Å². The molecule has 184 valence electrons. The topological polar surface area (TPSA) is 62.2 Å². The van der Waals surface area contributed by atoms with Crippen LogP contribution < -0.4 is 10.6 Å². The number of amides is 1. The fourth-order valence-electron chi connectivity index (χ4n) is 5.19. The molecule has 0 aliphatic carbocycles. The lowest BCUT2D eigenvalue weighted by molar-refractivity contribution is -0.116. The van der Waals surface area contributed by atoms with Crippen LogP contribution in [0.15, 0.2) is 48.7 Å². The van der Waals surface area contributed by atoms with Crippen LogP contribution in [-0.2, 0) is 4.79 Å². The van der Waals surface area contributed by atoms with Gasteiger partial charge in [0.1, 0.15) is 0 Å². The van der Waals surface area contributed by atoms with E-state index in [1.54, 1.807) is 0 Å². The SMILES string of the molecule is Cc1ccc(C)c(NC(=O)CCN2C(=S)N[C@@H](c3ccccn3)[C@H]2c2cc(C)n(C(C)C)c2C)c1. The molecule has 1 saturated heterocycles. The highest BCUT2D eigenvalue weighted by Crippen LogP contribution is 2.41. The maximum absolute atomic E-state index is 12.9. The number of carbonyl (C=O) groups is 1. The minimum atomic E-state index is -0.0908. The van der Waals surface area contributed by atoms with Gasteiger partial charge in [0.05, 0.1) is 17.8 Å². The molecule has 2 N–H and O–H groups in total. The van der Waals surface area contributed by atoms with Crippen LogP contribution in [0.5, 0.6) is 0 Å². The van der Waals surface area contributed by atoms with Crippen molar-refractivity contribution < 1.29 is 4.79 Å². The number of hydrogen-bond donors (Lipinski definition) is 2. The fraction of sp³-hybridized carbons (Fsp3) is 0.393. The molecule has 4 rings (SSSR count). The predicted molar refractivity (Wildman–Crippen MR) is 146 cm³/mol. The van der Waals surface area contributed by atoms with Gasteiger partial charge in [-0.25, -0.2) is 0 Å². The standard InChI is InChI=1S/C28H35N5OS/c1-17(2)33-20(5)16-22(21(33)6)27-26(23-9-7-8-13-29-23)31-28(35)32(27)14-12-25(34)30-24-15-18(3)10-11-19(24)4/h7-11,13,15-17,26-27H,12,14H2,1-6H3,(H,30,34)(H,31,35)/t26-,27+/m0/s1. The largest absolute Gasteiger partial charge is 0.352 e. The smallest absolute Gasteiger partial charge is 0.226 e. The maximum atomic E-state index is 12.9. The number of rotatable bonds is 7. The first-order valence-corrected chi connectivity index (χ1v) is 12.6. The first kappa shape index (κ1) is 24.9. The first-order valence-electron chi connectivity index (χ1n) is 12.2. The first-order chi connectivity index (χ1) is 16.7. The van der Waals surface area contributed by atoms with Gasteiger partial charge in [0.15, 0.2) is 5.11 Å². The molecular formula is C28H35N5OS. The van der Waals surface area contributed by atoms with E-state index in [4.69, 9.17) is 12.2 Å². The van der Waals surface area contributed by atoms with Crippen molar-refractivity contribution in [2.75, 3.05) is 11.9 Å². The highest BCUT2D eigenvalue weighted by Gasteiger charge is 2.41. The molecule has 2 aromatic heterocycles. The van der Waals surface area contributed by atoms with Crippen molar-refractivity contribution in [3.05, 3.63) is 82.4 Å². The maximum Gasteiger partial charge on any atom is 0.226 e. The Labute approximate surface area is 213 Å². The summed E-state index contributed by atoms with van der Waals surface area (Å²) in [6, 6.07) is 14.5. The lowest BCUT2D eigenvalue weighted by Gasteiger charge is -2.28. The van der Waals surface area contributed by atoms with Crippen molar-refractivity contribution >= 4 is 28.9 Å². The number of carbonyl (C=O) groups excluding carboxylic acids is 1. The van der Waals surface area contributed by atoms with Crippen LogP contribution in [0.4, 0.5) is 5.69 Å². The molecule has 35 heavy (non-hydrogen) atoms. The van der Waals surface area contributed by atoms with Gasteiger partial charge in [-0.05, 0) is 94.7 Å².